The molecule has 252 valence electrons. The molecule has 0 unspecified atom stereocenters. The number of benzene rings is 3. The summed E-state index contributed by atoms with van der Waals surface area (Å²) in [5.74, 6) is -0.656. The zero-order valence-corrected chi connectivity index (χ0v) is 28.1. The standard InChI is InChI=1S/C33H35N5O8S2/c1-23-6-16-30(17-7-23)47(41,42)22-24(2)31(39)26-8-10-28(11-9-26)33(40)38(19-5-21-48(43,44)45)18-4-20-46-29-14-12-27(13-15-29)32-36-34-25(3)35-37-32/h6-17H,2,4-5,18-22H2,1,3H3,(H,43,44,45). The lowest BCUT2D eigenvalue weighted by molar-refractivity contribution is 0.0746. The van der Waals surface area contributed by atoms with Crippen LogP contribution < -0.4 is 4.74 Å². The van der Waals surface area contributed by atoms with Crippen LogP contribution in [0.5, 0.6) is 5.75 Å². The predicted octanol–water partition coefficient (Wildman–Crippen LogP) is 3.95. The van der Waals surface area contributed by atoms with E-state index in [-0.39, 0.29) is 47.7 Å². The van der Waals surface area contributed by atoms with Crippen LogP contribution >= 0.6 is 0 Å². The van der Waals surface area contributed by atoms with Gasteiger partial charge in [-0.1, -0.05) is 36.4 Å². The van der Waals surface area contributed by atoms with E-state index >= 15 is 0 Å². The SMILES string of the molecule is C=C(CS(=O)(=O)c1ccc(C)cc1)C(=O)c1ccc(C(=O)N(CCCOc2ccc(-c3nnc(C)nn3)cc2)CCCS(=O)(=O)O)cc1. The smallest absolute Gasteiger partial charge is 0.264 e. The molecule has 0 spiro atoms. The number of carbonyl (C=O) groups is 2. The van der Waals surface area contributed by atoms with Crippen molar-refractivity contribution >= 4 is 31.6 Å². The second kappa shape index (κ2) is 15.8. The Balaban J connectivity index is 1.36. The summed E-state index contributed by atoms with van der Waals surface area (Å²) in [7, 11) is -8.01. The van der Waals surface area contributed by atoms with Crippen LogP contribution in [0, 0.1) is 13.8 Å². The number of carbonyl (C=O) groups excluding carboxylic acids is 2. The van der Waals surface area contributed by atoms with Gasteiger partial charge in [-0.3, -0.25) is 14.1 Å². The fourth-order valence-electron chi connectivity index (χ4n) is 4.57. The van der Waals surface area contributed by atoms with Gasteiger partial charge in [0.15, 0.2) is 21.4 Å². The van der Waals surface area contributed by atoms with Gasteiger partial charge in [-0.2, -0.15) is 8.42 Å². The number of hydrogen-bond donors (Lipinski definition) is 1. The number of sulfone groups is 1. The summed E-state index contributed by atoms with van der Waals surface area (Å²) in [6.45, 7) is 7.71. The van der Waals surface area contributed by atoms with Crippen LogP contribution in [-0.2, 0) is 20.0 Å². The second-order valence-corrected chi connectivity index (χ2v) is 14.6. The maximum atomic E-state index is 13.4. The Labute approximate surface area is 279 Å². The molecule has 0 atom stereocenters. The number of amides is 1. The highest BCUT2D eigenvalue weighted by Crippen LogP contribution is 2.20. The Morgan fingerprint density at radius 1 is 0.792 bits per heavy atom. The molecule has 0 aliphatic heterocycles. The summed E-state index contributed by atoms with van der Waals surface area (Å²) in [5, 5.41) is 15.8. The molecule has 48 heavy (non-hydrogen) atoms. The van der Waals surface area contributed by atoms with Crippen molar-refractivity contribution in [1.82, 2.24) is 25.3 Å². The first kappa shape index (κ1) is 36.0. The normalized spacial score (nSPS) is 11.6. The maximum absolute atomic E-state index is 13.4. The molecule has 13 nitrogen and oxygen atoms in total. The minimum atomic E-state index is -4.22. The number of nitrogens with zero attached hydrogens (tertiary/aromatic N) is 5. The summed E-state index contributed by atoms with van der Waals surface area (Å²) in [4.78, 5) is 27.9. The number of hydrogen-bond acceptors (Lipinski definition) is 11. The third-order valence-electron chi connectivity index (χ3n) is 7.11. The van der Waals surface area contributed by atoms with Crippen LogP contribution in [0.25, 0.3) is 11.4 Å². The van der Waals surface area contributed by atoms with E-state index in [0.29, 0.717) is 29.4 Å². The third kappa shape index (κ3) is 10.3. The maximum Gasteiger partial charge on any atom is 0.264 e. The first-order valence-corrected chi connectivity index (χ1v) is 18.1. The van der Waals surface area contributed by atoms with Crippen LogP contribution in [0.3, 0.4) is 0 Å². The number of Topliss-reactive ketones (excluding diaryl/α,β-unsaturated/α-hetero) is 1. The number of aryl methyl sites for hydroxylation is 2. The van der Waals surface area contributed by atoms with Gasteiger partial charge in [0.25, 0.3) is 16.0 Å². The first-order valence-electron chi connectivity index (χ1n) is 14.9. The largest absolute Gasteiger partial charge is 0.494 e. The molecule has 1 aromatic heterocycles. The predicted molar refractivity (Wildman–Crippen MR) is 178 cm³/mol. The van der Waals surface area contributed by atoms with Gasteiger partial charge in [0, 0.05) is 35.4 Å². The number of rotatable bonds is 16. The van der Waals surface area contributed by atoms with E-state index in [1.165, 1.54) is 41.3 Å². The molecule has 0 aliphatic rings. The zero-order valence-electron chi connectivity index (χ0n) is 26.4. The molecule has 0 radical (unpaired) electrons. The van der Waals surface area contributed by atoms with Crippen molar-refractivity contribution in [2.24, 2.45) is 0 Å². The van der Waals surface area contributed by atoms with Crippen LogP contribution in [0.2, 0.25) is 0 Å². The molecule has 15 heteroatoms. The minimum absolute atomic E-state index is 0.00351. The Bertz CT molecular complexity index is 1970. The Hall–Kier alpha value is -4.86. The number of aromatic nitrogens is 4. The fraction of sp³-hybridized carbons (Fsp3) is 0.273. The number of ketones is 1. The minimum Gasteiger partial charge on any atom is -0.494 e. The lowest BCUT2D eigenvalue weighted by Gasteiger charge is -2.23. The molecule has 3 aromatic carbocycles. The molecular formula is C33H35N5O8S2. The lowest BCUT2D eigenvalue weighted by atomic mass is 10.0. The summed E-state index contributed by atoms with van der Waals surface area (Å²) in [5.41, 5.74) is 1.89. The van der Waals surface area contributed by atoms with Crippen LogP contribution in [-0.4, -0.2) is 89.6 Å². The highest BCUT2D eigenvalue weighted by Gasteiger charge is 2.22. The van der Waals surface area contributed by atoms with Crippen molar-refractivity contribution in [3.05, 3.63) is 107 Å². The first-order chi connectivity index (χ1) is 22.7. The highest BCUT2D eigenvalue weighted by molar-refractivity contribution is 7.91. The Kier molecular flexibility index (Phi) is 11.9. The van der Waals surface area contributed by atoms with Crippen molar-refractivity contribution in [2.45, 2.75) is 31.6 Å². The van der Waals surface area contributed by atoms with Gasteiger partial charge in [-0.05, 0) is 75.2 Å². The van der Waals surface area contributed by atoms with Gasteiger partial charge in [-0.15, -0.1) is 20.4 Å². The van der Waals surface area contributed by atoms with Crippen molar-refractivity contribution in [3.63, 3.8) is 0 Å². The summed E-state index contributed by atoms with van der Waals surface area (Å²) < 4.78 is 63.1. The molecule has 0 aliphatic carbocycles. The zero-order chi connectivity index (χ0) is 34.9. The Morgan fingerprint density at radius 3 is 1.98 bits per heavy atom. The van der Waals surface area contributed by atoms with Crippen molar-refractivity contribution in [1.29, 1.82) is 0 Å². The van der Waals surface area contributed by atoms with E-state index in [1.807, 2.05) is 6.92 Å². The Morgan fingerprint density at radius 2 is 1.38 bits per heavy atom. The topological polar surface area (TPSA) is 187 Å². The van der Waals surface area contributed by atoms with E-state index in [1.54, 1.807) is 43.3 Å². The third-order valence-corrected chi connectivity index (χ3v) is 9.63. The van der Waals surface area contributed by atoms with E-state index in [2.05, 4.69) is 27.0 Å². The van der Waals surface area contributed by atoms with Gasteiger partial charge in [0.2, 0.25) is 5.82 Å². The molecule has 0 fully saturated rings. The molecule has 1 N–H and O–H groups in total. The number of ether oxygens (including phenoxy) is 1. The van der Waals surface area contributed by atoms with Gasteiger partial charge in [0.05, 0.1) is 23.0 Å². The molecule has 1 amide bonds. The van der Waals surface area contributed by atoms with E-state index in [4.69, 9.17) is 9.29 Å². The van der Waals surface area contributed by atoms with Gasteiger partial charge < -0.3 is 9.64 Å². The average Bonchev–Trinajstić information content (AvgIpc) is 3.05. The molecule has 0 saturated carbocycles. The molecule has 0 saturated heterocycles. The van der Waals surface area contributed by atoms with Crippen LogP contribution in [0.15, 0.2) is 89.8 Å². The van der Waals surface area contributed by atoms with Crippen molar-refractivity contribution in [3.8, 4) is 17.1 Å². The summed E-state index contributed by atoms with van der Waals surface area (Å²) in [6, 6.07) is 19.0. The van der Waals surface area contributed by atoms with Gasteiger partial charge >= 0.3 is 0 Å². The lowest BCUT2D eigenvalue weighted by Crippen LogP contribution is -2.34. The molecule has 4 aromatic rings. The highest BCUT2D eigenvalue weighted by atomic mass is 32.2. The molecule has 0 bridgehead atoms. The van der Waals surface area contributed by atoms with E-state index < -0.39 is 43.2 Å². The quantitative estimate of drug-likeness (QED) is 0.0772. The second-order valence-electron chi connectivity index (χ2n) is 11.0. The van der Waals surface area contributed by atoms with E-state index in [0.717, 1.165) is 5.56 Å². The average molecular weight is 694 g/mol. The van der Waals surface area contributed by atoms with Crippen LogP contribution in [0.1, 0.15) is 44.9 Å². The van der Waals surface area contributed by atoms with E-state index in [9.17, 15) is 26.4 Å². The summed E-state index contributed by atoms with van der Waals surface area (Å²) in [6.07, 6.45) is 0.406. The van der Waals surface area contributed by atoms with Gasteiger partial charge in [0.1, 0.15) is 5.75 Å². The fourth-order valence-corrected chi connectivity index (χ4v) is 6.37. The van der Waals surface area contributed by atoms with Gasteiger partial charge in [-0.25, -0.2) is 8.42 Å². The van der Waals surface area contributed by atoms with Crippen LogP contribution in [0.4, 0.5) is 0 Å². The molecule has 1 heterocycles. The van der Waals surface area contributed by atoms with Crippen molar-refractivity contribution in [2.75, 3.05) is 31.2 Å². The molecular weight excluding hydrogens is 659 g/mol. The van der Waals surface area contributed by atoms with Crippen molar-refractivity contribution < 1.29 is 35.7 Å². The molecule has 4 rings (SSSR count). The summed E-state index contributed by atoms with van der Waals surface area (Å²) >= 11 is 0. The monoisotopic (exact) mass is 693 g/mol.